The Morgan fingerprint density at radius 1 is 1.23 bits per heavy atom. The highest BCUT2D eigenvalue weighted by Gasteiger charge is 2.46. The minimum absolute atomic E-state index is 0.0555. The van der Waals surface area contributed by atoms with E-state index in [0.717, 1.165) is 17.7 Å². The van der Waals surface area contributed by atoms with Crippen molar-refractivity contribution in [3.8, 4) is 0 Å². The molecule has 118 valence electrons. The predicted octanol–water partition coefficient (Wildman–Crippen LogP) is 2.66. The van der Waals surface area contributed by atoms with Crippen molar-refractivity contribution in [1.82, 2.24) is 4.90 Å². The number of carboxylic acids is 1. The van der Waals surface area contributed by atoms with E-state index >= 15 is 0 Å². The van der Waals surface area contributed by atoms with Crippen LogP contribution < -0.4 is 0 Å². The Kier molecular flexibility index (Phi) is 4.43. The number of hydrogen-bond donors (Lipinski definition) is 1. The Hall–Kier alpha value is -1.49. The lowest BCUT2D eigenvalue weighted by molar-refractivity contribution is -0.142. The highest BCUT2D eigenvalue weighted by molar-refractivity contribution is 8.00. The molecule has 2 atom stereocenters. The number of carboxylic acid groups (broad SMARTS) is 1. The van der Waals surface area contributed by atoms with Crippen molar-refractivity contribution in [3.05, 3.63) is 29.8 Å². The molecule has 4 nitrogen and oxygen atoms in total. The van der Waals surface area contributed by atoms with Gasteiger partial charge in [-0.05, 0) is 43.7 Å². The van der Waals surface area contributed by atoms with Gasteiger partial charge < -0.3 is 10.0 Å². The normalized spacial score (nSPS) is 24.5. The fourth-order valence-electron chi connectivity index (χ4n) is 3.17. The molecule has 22 heavy (non-hydrogen) atoms. The molecule has 1 aromatic carbocycles. The van der Waals surface area contributed by atoms with E-state index in [1.54, 1.807) is 4.90 Å². The van der Waals surface area contributed by atoms with Crippen molar-refractivity contribution in [2.45, 2.75) is 24.7 Å². The monoisotopic (exact) mass is 319 g/mol. The summed E-state index contributed by atoms with van der Waals surface area (Å²) in [5, 5.41) is 9.35. The molecule has 1 aliphatic carbocycles. The number of carbonyl (C=O) groups excluding carboxylic acids is 1. The standard InChI is InChI=1S/C17H21NO3S/c1-11-2-6-13(7-3-11)22-10-16(19)18-8-14(12-4-5-12)15(9-18)17(20)21/h2-3,6-7,12,14-15H,4-5,8-10H2,1H3,(H,20,21)/t14-,15+/m1/s1. The Morgan fingerprint density at radius 2 is 1.91 bits per heavy atom. The van der Waals surface area contributed by atoms with Gasteiger partial charge in [-0.3, -0.25) is 9.59 Å². The average Bonchev–Trinajstić information content (AvgIpc) is 3.24. The van der Waals surface area contributed by atoms with E-state index in [2.05, 4.69) is 0 Å². The molecule has 0 aromatic heterocycles. The van der Waals surface area contributed by atoms with Crippen LogP contribution in [0.4, 0.5) is 0 Å². The molecule has 1 heterocycles. The number of benzene rings is 1. The van der Waals surface area contributed by atoms with Crippen LogP contribution in [0.3, 0.4) is 0 Å². The van der Waals surface area contributed by atoms with Crippen LogP contribution in [0.15, 0.2) is 29.2 Å². The first-order valence-electron chi connectivity index (χ1n) is 7.74. The third-order valence-electron chi connectivity index (χ3n) is 4.65. The number of carbonyl (C=O) groups is 2. The van der Waals surface area contributed by atoms with Crippen LogP contribution >= 0.6 is 11.8 Å². The number of thioether (sulfide) groups is 1. The van der Waals surface area contributed by atoms with Gasteiger partial charge in [0.1, 0.15) is 0 Å². The zero-order valence-corrected chi connectivity index (χ0v) is 13.5. The van der Waals surface area contributed by atoms with Gasteiger partial charge in [0.15, 0.2) is 0 Å². The van der Waals surface area contributed by atoms with Gasteiger partial charge in [0.2, 0.25) is 5.91 Å². The first kappa shape index (κ1) is 15.4. The van der Waals surface area contributed by atoms with E-state index in [0.29, 0.717) is 24.8 Å². The van der Waals surface area contributed by atoms with E-state index in [4.69, 9.17) is 0 Å². The minimum atomic E-state index is -0.751. The van der Waals surface area contributed by atoms with Crippen molar-refractivity contribution < 1.29 is 14.7 Å². The molecule has 1 aromatic rings. The Balaban J connectivity index is 1.56. The van der Waals surface area contributed by atoms with E-state index in [1.165, 1.54) is 17.3 Å². The second kappa shape index (κ2) is 6.32. The van der Waals surface area contributed by atoms with Crippen molar-refractivity contribution >= 4 is 23.6 Å². The van der Waals surface area contributed by atoms with Crippen LogP contribution in [0.2, 0.25) is 0 Å². The summed E-state index contributed by atoms with van der Waals surface area (Å²) in [5.74, 6) is -0.0130. The zero-order chi connectivity index (χ0) is 15.7. The molecule has 0 bridgehead atoms. The van der Waals surface area contributed by atoms with Crippen LogP contribution in [0, 0.1) is 24.7 Å². The first-order valence-corrected chi connectivity index (χ1v) is 8.73. The molecule has 2 fully saturated rings. The number of hydrogen-bond acceptors (Lipinski definition) is 3. The third kappa shape index (κ3) is 3.46. The molecule has 1 saturated carbocycles. The van der Waals surface area contributed by atoms with Gasteiger partial charge in [0.05, 0.1) is 11.7 Å². The van der Waals surface area contributed by atoms with Gasteiger partial charge in [-0.25, -0.2) is 0 Å². The fraction of sp³-hybridized carbons (Fsp3) is 0.529. The maximum atomic E-state index is 12.4. The van der Waals surface area contributed by atoms with Crippen LogP contribution in [0.5, 0.6) is 0 Å². The van der Waals surface area contributed by atoms with E-state index in [1.807, 2.05) is 31.2 Å². The van der Waals surface area contributed by atoms with E-state index in [-0.39, 0.29) is 17.7 Å². The van der Waals surface area contributed by atoms with Crippen molar-refractivity contribution in [2.24, 2.45) is 17.8 Å². The summed E-state index contributed by atoms with van der Waals surface area (Å²) in [4.78, 5) is 26.6. The lowest BCUT2D eigenvalue weighted by Crippen LogP contribution is -2.31. The van der Waals surface area contributed by atoms with Crippen LogP contribution in [-0.4, -0.2) is 40.7 Å². The Morgan fingerprint density at radius 3 is 2.50 bits per heavy atom. The molecule has 3 rings (SSSR count). The number of rotatable bonds is 5. The summed E-state index contributed by atoms with van der Waals surface area (Å²) < 4.78 is 0. The second-order valence-corrected chi connectivity index (χ2v) is 7.40. The molecule has 5 heteroatoms. The number of aryl methyl sites for hydroxylation is 1. The van der Waals surface area contributed by atoms with Gasteiger partial charge in [-0.2, -0.15) is 0 Å². The number of amides is 1. The smallest absolute Gasteiger partial charge is 0.308 e. The number of likely N-dealkylation sites (tertiary alicyclic amines) is 1. The molecule has 1 saturated heterocycles. The highest BCUT2D eigenvalue weighted by atomic mass is 32.2. The summed E-state index contributed by atoms with van der Waals surface area (Å²) in [6.07, 6.45) is 2.24. The maximum Gasteiger partial charge on any atom is 0.308 e. The van der Waals surface area contributed by atoms with Gasteiger partial charge in [0.25, 0.3) is 0 Å². The number of nitrogens with zero attached hydrogens (tertiary/aromatic N) is 1. The summed E-state index contributed by atoms with van der Waals surface area (Å²) in [6.45, 7) is 3.03. The minimum Gasteiger partial charge on any atom is -0.481 e. The second-order valence-electron chi connectivity index (χ2n) is 6.35. The molecular weight excluding hydrogens is 298 g/mol. The molecule has 0 spiro atoms. The molecule has 1 N–H and O–H groups in total. The van der Waals surface area contributed by atoms with Gasteiger partial charge in [0, 0.05) is 18.0 Å². The highest BCUT2D eigenvalue weighted by Crippen LogP contribution is 2.44. The topological polar surface area (TPSA) is 57.6 Å². The van der Waals surface area contributed by atoms with Crippen molar-refractivity contribution in [2.75, 3.05) is 18.8 Å². The molecule has 2 aliphatic rings. The van der Waals surface area contributed by atoms with Crippen molar-refractivity contribution in [3.63, 3.8) is 0 Å². The average molecular weight is 319 g/mol. The molecule has 1 amide bonds. The molecule has 0 radical (unpaired) electrons. The SMILES string of the molecule is Cc1ccc(SCC(=O)N2C[C@H](C(=O)O)[C@@H](C3CC3)C2)cc1. The van der Waals surface area contributed by atoms with Crippen LogP contribution in [0.25, 0.3) is 0 Å². The third-order valence-corrected chi connectivity index (χ3v) is 5.64. The van der Waals surface area contributed by atoms with E-state index < -0.39 is 5.97 Å². The Bertz CT molecular complexity index is 568. The predicted molar refractivity (Wildman–Crippen MR) is 85.8 cm³/mol. The fourth-order valence-corrected chi connectivity index (χ4v) is 3.97. The summed E-state index contributed by atoms with van der Waals surface area (Å²) in [5.41, 5.74) is 1.20. The van der Waals surface area contributed by atoms with E-state index in [9.17, 15) is 14.7 Å². The zero-order valence-electron chi connectivity index (χ0n) is 12.7. The summed E-state index contributed by atoms with van der Waals surface area (Å²) in [6, 6.07) is 8.10. The van der Waals surface area contributed by atoms with Gasteiger partial charge in [-0.15, -0.1) is 11.8 Å². The maximum absolute atomic E-state index is 12.4. The largest absolute Gasteiger partial charge is 0.481 e. The molecule has 0 unspecified atom stereocenters. The first-order chi connectivity index (χ1) is 10.5. The molecular formula is C17H21NO3S. The lowest BCUT2D eigenvalue weighted by atomic mass is 9.92. The Labute approximate surface area is 134 Å². The molecule has 1 aliphatic heterocycles. The van der Waals surface area contributed by atoms with Gasteiger partial charge in [-0.1, -0.05) is 17.7 Å². The van der Waals surface area contributed by atoms with Crippen LogP contribution in [-0.2, 0) is 9.59 Å². The summed E-state index contributed by atoms with van der Waals surface area (Å²) in [7, 11) is 0. The van der Waals surface area contributed by atoms with Crippen molar-refractivity contribution in [1.29, 1.82) is 0 Å². The lowest BCUT2D eigenvalue weighted by Gasteiger charge is -2.16. The quantitative estimate of drug-likeness (QED) is 0.848. The van der Waals surface area contributed by atoms with Gasteiger partial charge >= 0.3 is 5.97 Å². The van der Waals surface area contributed by atoms with Crippen LogP contribution in [0.1, 0.15) is 18.4 Å². The summed E-state index contributed by atoms with van der Waals surface area (Å²) >= 11 is 1.52. The number of aliphatic carboxylic acids is 1.